The first-order chi connectivity index (χ1) is 15.4. The first-order valence-corrected chi connectivity index (χ1v) is 9.23. The second-order valence-corrected chi connectivity index (χ2v) is 6.47. The van der Waals surface area contributed by atoms with Crippen LogP contribution in [-0.4, -0.2) is 53.6 Å². The molecule has 0 saturated heterocycles. The Morgan fingerprint density at radius 3 is 2.19 bits per heavy atom. The molecule has 3 rings (SSSR count). The van der Waals surface area contributed by atoms with E-state index in [2.05, 4.69) is 20.4 Å². The van der Waals surface area contributed by atoms with Crippen LogP contribution in [0.3, 0.4) is 0 Å². The lowest BCUT2D eigenvalue weighted by molar-refractivity contribution is 0.0940. The molecule has 12 heteroatoms. The summed E-state index contributed by atoms with van der Waals surface area (Å²) in [5.41, 5.74) is 1.64. The van der Waals surface area contributed by atoms with Crippen molar-refractivity contribution in [3.8, 4) is 17.2 Å². The summed E-state index contributed by atoms with van der Waals surface area (Å²) in [5, 5.41) is 16.8. The number of hydrogen-bond donors (Lipinski definition) is 3. The average molecular weight is 443 g/mol. The Hall–Kier alpha value is -4.35. The summed E-state index contributed by atoms with van der Waals surface area (Å²) in [7, 11) is 4.62. The highest BCUT2D eigenvalue weighted by molar-refractivity contribution is 6.05. The van der Waals surface area contributed by atoms with Crippen LogP contribution in [-0.2, 0) is 6.42 Å². The van der Waals surface area contributed by atoms with Crippen molar-refractivity contribution in [2.24, 2.45) is 0 Å². The summed E-state index contributed by atoms with van der Waals surface area (Å²) in [6, 6.07) is 3.67. The third-order valence-electron chi connectivity index (χ3n) is 4.37. The number of nitrogens with zero attached hydrogens (tertiary/aromatic N) is 3. The quantitative estimate of drug-likeness (QED) is 0.470. The van der Waals surface area contributed by atoms with Crippen LogP contribution in [0.15, 0.2) is 29.0 Å². The van der Waals surface area contributed by atoms with Crippen molar-refractivity contribution in [1.29, 1.82) is 0 Å². The third kappa shape index (κ3) is 4.86. The first-order valence-electron chi connectivity index (χ1n) is 9.23. The smallest absolute Gasteiger partial charge is 0.411 e. The average Bonchev–Trinajstić information content (AvgIpc) is 3.14. The highest BCUT2D eigenvalue weighted by Crippen LogP contribution is 2.38. The zero-order chi connectivity index (χ0) is 23.3. The summed E-state index contributed by atoms with van der Waals surface area (Å²) < 4.78 is 21.1. The van der Waals surface area contributed by atoms with Crippen LogP contribution in [0.25, 0.3) is 0 Å². The lowest BCUT2D eigenvalue weighted by Crippen LogP contribution is -2.29. The minimum Gasteiger partial charge on any atom is -0.493 e. The Kier molecular flexibility index (Phi) is 6.73. The largest absolute Gasteiger partial charge is 0.493 e. The maximum atomic E-state index is 12.0. The number of imide groups is 1. The van der Waals surface area contributed by atoms with E-state index in [1.54, 1.807) is 38.9 Å². The van der Waals surface area contributed by atoms with Crippen LogP contribution in [0.4, 0.5) is 16.4 Å². The molecule has 0 unspecified atom stereocenters. The van der Waals surface area contributed by atoms with E-state index in [4.69, 9.17) is 23.8 Å². The highest BCUT2D eigenvalue weighted by atomic mass is 16.5. The van der Waals surface area contributed by atoms with Crippen molar-refractivity contribution in [1.82, 2.24) is 20.4 Å². The van der Waals surface area contributed by atoms with E-state index < -0.39 is 12.0 Å². The molecule has 0 bridgehead atoms. The number of aromatic nitrogens is 3. The molecule has 2 heterocycles. The number of carbonyl (C=O) groups excluding carboxylic acids is 1. The summed E-state index contributed by atoms with van der Waals surface area (Å²) in [6.07, 6.45) is 2.21. The van der Waals surface area contributed by atoms with Gasteiger partial charge in [-0.2, -0.15) is 0 Å². The van der Waals surface area contributed by atoms with Crippen molar-refractivity contribution in [2.45, 2.75) is 13.3 Å². The molecule has 0 saturated carbocycles. The minimum absolute atomic E-state index is 0.168. The second kappa shape index (κ2) is 9.64. The van der Waals surface area contributed by atoms with Gasteiger partial charge in [0.25, 0.3) is 5.91 Å². The molecule has 0 radical (unpaired) electrons. The Bertz CT molecular complexity index is 1100. The van der Waals surface area contributed by atoms with Gasteiger partial charge < -0.3 is 29.2 Å². The molecule has 0 atom stereocenters. The van der Waals surface area contributed by atoms with Crippen LogP contribution < -0.4 is 24.8 Å². The molecule has 0 aliphatic carbocycles. The monoisotopic (exact) mass is 443 g/mol. The van der Waals surface area contributed by atoms with Gasteiger partial charge in [0.2, 0.25) is 11.7 Å². The molecular formula is C20H21N5O7. The normalized spacial score (nSPS) is 10.4. The maximum Gasteiger partial charge on any atom is 0.411 e. The van der Waals surface area contributed by atoms with Crippen LogP contribution in [0.5, 0.6) is 17.2 Å². The number of carbonyl (C=O) groups is 2. The Balaban J connectivity index is 1.78. The topological polar surface area (TPSA) is 158 Å². The van der Waals surface area contributed by atoms with E-state index in [1.165, 1.54) is 7.11 Å². The van der Waals surface area contributed by atoms with E-state index in [-0.39, 0.29) is 23.1 Å². The summed E-state index contributed by atoms with van der Waals surface area (Å²) in [6.45, 7) is 1.56. The highest BCUT2D eigenvalue weighted by Gasteiger charge is 2.22. The van der Waals surface area contributed by atoms with Gasteiger partial charge >= 0.3 is 6.09 Å². The van der Waals surface area contributed by atoms with E-state index in [9.17, 15) is 9.59 Å². The fraction of sp³-hybridized carbons (Fsp3) is 0.250. The molecule has 0 aliphatic rings. The number of benzene rings is 1. The van der Waals surface area contributed by atoms with Gasteiger partial charge in [-0.05, 0) is 30.2 Å². The van der Waals surface area contributed by atoms with Crippen LogP contribution in [0.1, 0.15) is 27.4 Å². The van der Waals surface area contributed by atoms with E-state index >= 15 is 0 Å². The molecule has 1 aromatic carbocycles. The fourth-order valence-electron chi connectivity index (χ4n) is 2.93. The SMILES string of the molecule is COc1cc(Cc2cnc(Nc3c(C(=O)NC(=O)O)noc3C)nc2)cc(OC)c1OC. The van der Waals surface area contributed by atoms with E-state index in [1.807, 2.05) is 12.1 Å². The molecule has 0 fully saturated rings. The van der Waals surface area contributed by atoms with Gasteiger partial charge in [-0.25, -0.2) is 14.8 Å². The molecule has 3 N–H and O–H groups in total. The first kappa shape index (κ1) is 22.3. The Morgan fingerprint density at radius 1 is 1.03 bits per heavy atom. The van der Waals surface area contributed by atoms with Crippen LogP contribution in [0, 0.1) is 6.92 Å². The lowest BCUT2D eigenvalue weighted by atomic mass is 10.1. The van der Waals surface area contributed by atoms with Crippen molar-refractivity contribution in [3.05, 3.63) is 47.1 Å². The summed E-state index contributed by atoms with van der Waals surface area (Å²) in [5.74, 6) is 1.09. The van der Waals surface area contributed by atoms with Gasteiger partial charge in [0.1, 0.15) is 5.69 Å². The number of amides is 2. The van der Waals surface area contributed by atoms with Gasteiger partial charge in [0.15, 0.2) is 23.0 Å². The molecule has 32 heavy (non-hydrogen) atoms. The number of rotatable bonds is 8. The predicted molar refractivity (Wildman–Crippen MR) is 111 cm³/mol. The number of nitrogens with one attached hydrogen (secondary N) is 2. The standard InChI is InChI=1S/C20H21N5O7/c1-10-15(16(25-32-10)18(26)24-20(27)28)23-19-21-8-12(9-22-19)5-11-6-13(29-2)17(31-4)14(7-11)30-3/h6-9H,5H2,1-4H3,(H,24,26)(H,27,28)(H,21,22,23). The molecular weight excluding hydrogens is 422 g/mol. The minimum atomic E-state index is -1.51. The summed E-state index contributed by atoms with van der Waals surface area (Å²) in [4.78, 5) is 31.2. The van der Waals surface area contributed by atoms with Crippen LogP contribution in [0.2, 0.25) is 0 Å². The number of methoxy groups -OCH3 is 3. The Morgan fingerprint density at radius 2 is 1.66 bits per heavy atom. The number of carboxylic acid groups (broad SMARTS) is 1. The van der Waals surface area contributed by atoms with Crippen molar-refractivity contribution in [2.75, 3.05) is 26.6 Å². The molecule has 12 nitrogen and oxygen atoms in total. The van der Waals surface area contributed by atoms with Gasteiger partial charge in [-0.1, -0.05) is 5.16 Å². The van der Waals surface area contributed by atoms with Gasteiger partial charge in [0, 0.05) is 18.8 Å². The number of ether oxygens (including phenoxy) is 3. The molecule has 0 aliphatic heterocycles. The second-order valence-electron chi connectivity index (χ2n) is 6.47. The van der Waals surface area contributed by atoms with Crippen molar-refractivity contribution < 1.29 is 33.4 Å². The van der Waals surface area contributed by atoms with E-state index in [0.717, 1.165) is 11.1 Å². The molecule has 2 aromatic heterocycles. The van der Waals surface area contributed by atoms with Crippen molar-refractivity contribution >= 4 is 23.6 Å². The molecule has 168 valence electrons. The summed E-state index contributed by atoms with van der Waals surface area (Å²) >= 11 is 0. The Labute approximate surface area is 182 Å². The third-order valence-corrected chi connectivity index (χ3v) is 4.37. The lowest BCUT2D eigenvalue weighted by Gasteiger charge is -2.14. The molecule has 3 aromatic rings. The number of hydrogen-bond acceptors (Lipinski definition) is 10. The van der Waals surface area contributed by atoms with Gasteiger partial charge in [-0.3, -0.25) is 10.1 Å². The van der Waals surface area contributed by atoms with E-state index in [0.29, 0.717) is 23.7 Å². The molecule has 2 amide bonds. The zero-order valence-electron chi connectivity index (χ0n) is 17.8. The number of anilines is 2. The molecule has 0 spiro atoms. The number of aryl methyl sites for hydroxylation is 1. The fourth-order valence-corrected chi connectivity index (χ4v) is 2.93. The van der Waals surface area contributed by atoms with Crippen LogP contribution >= 0.6 is 0 Å². The zero-order valence-corrected chi connectivity index (χ0v) is 17.8. The maximum absolute atomic E-state index is 12.0. The van der Waals surface area contributed by atoms with Gasteiger partial charge in [0.05, 0.1) is 21.3 Å². The predicted octanol–water partition coefficient (Wildman–Crippen LogP) is 2.54. The van der Waals surface area contributed by atoms with Crippen molar-refractivity contribution in [3.63, 3.8) is 0 Å². The van der Waals surface area contributed by atoms with Gasteiger partial charge in [-0.15, -0.1) is 0 Å².